The fourth-order valence-corrected chi connectivity index (χ4v) is 3.52. The minimum Gasteiger partial charge on any atom is -0.389 e. The van der Waals surface area contributed by atoms with Crippen molar-refractivity contribution in [3.05, 3.63) is 38.3 Å². The fourth-order valence-electron chi connectivity index (χ4n) is 1.44. The molecule has 0 amide bonds. The van der Waals surface area contributed by atoms with Crippen LogP contribution in [0.1, 0.15) is 5.56 Å². The summed E-state index contributed by atoms with van der Waals surface area (Å²) in [4.78, 5) is 2.28. The molecule has 1 atom stereocenters. The highest BCUT2D eigenvalue weighted by Gasteiger charge is 2.42. The van der Waals surface area contributed by atoms with Gasteiger partial charge in [0.25, 0.3) is 0 Å². The minimum atomic E-state index is -5.28. The lowest BCUT2D eigenvalue weighted by atomic mass is 10.2. The average molecular weight is 503 g/mol. The van der Waals surface area contributed by atoms with Crippen LogP contribution < -0.4 is 5.73 Å². The summed E-state index contributed by atoms with van der Waals surface area (Å²) in [6, 6.07) is 2.08. The van der Waals surface area contributed by atoms with Crippen LogP contribution in [0, 0.1) is 11.3 Å². The molecule has 4 nitrogen and oxygen atoms in total. The lowest BCUT2D eigenvalue weighted by Crippen LogP contribution is -2.23. The van der Waals surface area contributed by atoms with Gasteiger partial charge in [0, 0.05) is 0 Å². The number of halogens is 9. The maximum absolute atomic E-state index is 12.7. The highest BCUT2D eigenvalue weighted by molar-refractivity contribution is 9.18. The fraction of sp³-hybridized carbons (Fsp3) is 0.167. The number of benzene rings is 1. The van der Waals surface area contributed by atoms with E-state index in [1.807, 2.05) is 0 Å². The molecule has 14 heteroatoms. The average Bonchev–Trinajstić information content (AvgIpc) is 2.48. The first-order valence-electron chi connectivity index (χ1n) is 5.89. The van der Waals surface area contributed by atoms with Gasteiger partial charge in [-0.1, -0.05) is 23.2 Å². The van der Waals surface area contributed by atoms with Crippen LogP contribution >= 0.6 is 39.1 Å². The third-order valence-corrected chi connectivity index (χ3v) is 5.12. The van der Waals surface area contributed by atoms with Gasteiger partial charge in [-0.05, 0) is 28.1 Å². The predicted octanol–water partition coefficient (Wildman–Crippen LogP) is 5.40. The predicted molar refractivity (Wildman–Crippen MR) is 88.5 cm³/mol. The van der Waals surface area contributed by atoms with Gasteiger partial charge in [0.05, 0.1) is 15.6 Å². The van der Waals surface area contributed by atoms with Crippen LogP contribution in [0.15, 0.2) is 27.7 Å². The van der Waals surface area contributed by atoms with Gasteiger partial charge in [-0.15, -0.1) is 0 Å². The highest BCUT2D eigenvalue weighted by atomic mass is 79.9. The summed E-state index contributed by atoms with van der Waals surface area (Å²) < 4.78 is 86.8. The summed E-state index contributed by atoms with van der Waals surface area (Å²) >= 11 is 13.9. The Bertz CT molecular complexity index is 837. The monoisotopic (exact) mass is 501 g/mol. The van der Waals surface area contributed by atoms with Gasteiger partial charge in [0.2, 0.25) is 0 Å². The first-order chi connectivity index (χ1) is 11.7. The molecule has 0 saturated carbocycles. The molecule has 0 aliphatic carbocycles. The van der Waals surface area contributed by atoms with Crippen LogP contribution in [-0.4, -0.2) is 14.3 Å². The molecular weight excluding hydrogens is 499 g/mol. The van der Waals surface area contributed by atoms with Gasteiger partial charge in [-0.25, -0.2) is 9.20 Å². The third-order valence-electron chi connectivity index (χ3n) is 2.50. The Kier molecular flexibility index (Phi) is 7.14. The van der Waals surface area contributed by atoms with Crippen molar-refractivity contribution in [1.29, 1.82) is 5.26 Å². The van der Waals surface area contributed by atoms with Crippen LogP contribution in [0.2, 0.25) is 10.0 Å². The van der Waals surface area contributed by atoms with Crippen molar-refractivity contribution >= 4 is 60.2 Å². The first kappa shape index (κ1) is 22.8. The molecule has 142 valence electrons. The molecule has 1 aromatic rings. The molecule has 0 fully saturated rings. The maximum atomic E-state index is 12.7. The van der Waals surface area contributed by atoms with Crippen LogP contribution in [0.25, 0.3) is 0 Å². The summed E-state index contributed by atoms with van der Waals surface area (Å²) in [7, 11) is -3.75. The van der Waals surface area contributed by atoms with Crippen LogP contribution in [-0.2, 0) is 17.0 Å². The Labute approximate surface area is 162 Å². The smallest absolute Gasteiger partial charge is 0.389 e. The van der Waals surface area contributed by atoms with Crippen molar-refractivity contribution in [1.82, 2.24) is 0 Å². The van der Waals surface area contributed by atoms with Gasteiger partial charge in [-0.3, -0.25) is 0 Å². The summed E-state index contributed by atoms with van der Waals surface area (Å²) in [6.07, 6.45) is -4.78. The van der Waals surface area contributed by atoms with Crippen LogP contribution in [0.5, 0.6) is 0 Å². The van der Waals surface area contributed by atoms with Crippen molar-refractivity contribution in [2.45, 2.75) is 11.7 Å². The molecule has 1 unspecified atom stereocenters. The van der Waals surface area contributed by atoms with E-state index < -0.39 is 59.0 Å². The molecule has 1 aromatic carbocycles. The van der Waals surface area contributed by atoms with E-state index in [-0.39, 0.29) is 0 Å². The minimum absolute atomic E-state index is 0.449. The molecule has 26 heavy (non-hydrogen) atoms. The molecular formula is C12H4BrCl2F6N3OS. The standard InChI is InChI=1S/C12H4BrCl2F6N3OS/c13-10(9(7(23)3-22)26(25)12(19,20)21)24-8-5(14)1-4(2-6(8)15)11(16,17)18/h1-2H,23H2. The number of hydrogen-bond acceptors (Lipinski definition) is 4. The lowest BCUT2D eigenvalue weighted by molar-refractivity contribution is -0.137. The van der Waals surface area contributed by atoms with Gasteiger partial charge in [-0.2, -0.15) is 31.6 Å². The van der Waals surface area contributed by atoms with Crippen LogP contribution in [0.4, 0.5) is 32.0 Å². The van der Waals surface area contributed by atoms with Crippen molar-refractivity contribution < 1.29 is 30.6 Å². The van der Waals surface area contributed by atoms with E-state index in [1.54, 1.807) is 0 Å². The zero-order chi connectivity index (χ0) is 20.4. The second-order valence-corrected chi connectivity index (χ2v) is 7.23. The number of nitrogens with two attached hydrogens (primary N) is 1. The van der Waals surface area contributed by atoms with E-state index >= 15 is 0 Å². The Morgan fingerprint density at radius 3 is 2.00 bits per heavy atom. The number of nitriles is 1. The summed E-state index contributed by atoms with van der Waals surface area (Å²) in [5.41, 5.74) is -2.99. The van der Waals surface area contributed by atoms with Crippen molar-refractivity contribution in [3.8, 4) is 6.07 Å². The van der Waals surface area contributed by atoms with E-state index in [1.165, 1.54) is 6.07 Å². The molecule has 0 heterocycles. The first-order valence-corrected chi connectivity index (χ1v) is 8.59. The van der Waals surface area contributed by atoms with Crippen molar-refractivity contribution in [2.75, 3.05) is 0 Å². The van der Waals surface area contributed by atoms with E-state index in [4.69, 9.17) is 34.2 Å². The molecule has 1 rings (SSSR count). The molecule has 0 radical (unpaired) electrons. The molecule has 0 spiro atoms. The molecule has 0 aromatic heterocycles. The number of alkyl halides is 6. The summed E-state index contributed by atoms with van der Waals surface area (Å²) in [6.45, 7) is 0. The number of hydrogen-bond donors (Lipinski definition) is 1. The third kappa shape index (κ3) is 5.35. The van der Waals surface area contributed by atoms with E-state index in [0.29, 0.717) is 12.1 Å². The number of allylic oxidation sites excluding steroid dienone is 2. The largest absolute Gasteiger partial charge is 0.476 e. The molecule has 0 aliphatic heterocycles. The molecule has 2 N–H and O–H groups in total. The molecule has 0 saturated heterocycles. The molecule has 0 aliphatic rings. The Morgan fingerprint density at radius 1 is 1.19 bits per heavy atom. The summed E-state index contributed by atoms with van der Waals surface area (Å²) in [5, 5.41) is 7.39. The Balaban J connectivity index is 3.57. The zero-order valence-electron chi connectivity index (χ0n) is 11.8. The van der Waals surface area contributed by atoms with Gasteiger partial charge in [0.15, 0.2) is 10.8 Å². The second-order valence-electron chi connectivity index (χ2n) is 4.26. The topological polar surface area (TPSA) is 79.2 Å². The van der Waals surface area contributed by atoms with Gasteiger partial charge < -0.3 is 5.73 Å². The Morgan fingerprint density at radius 2 is 1.65 bits per heavy atom. The van der Waals surface area contributed by atoms with Crippen molar-refractivity contribution in [3.63, 3.8) is 0 Å². The number of rotatable bonds is 3. The van der Waals surface area contributed by atoms with E-state index in [2.05, 4.69) is 20.9 Å². The lowest BCUT2D eigenvalue weighted by Gasteiger charge is -2.12. The van der Waals surface area contributed by atoms with E-state index in [0.717, 1.165) is 0 Å². The quantitative estimate of drug-likeness (QED) is 0.341. The summed E-state index contributed by atoms with van der Waals surface area (Å²) in [5.74, 6) is 0. The second kappa shape index (κ2) is 8.16. The van der Waals surface area contributed by atoms with Gasteiger partial charge >= 0.3 is 11.7 Å². The number of aliphatic imine (C=N–C) groups is 1. The normalized spacial score (nSPS) is 15.3. The van der Waals surface area contributed by atoms with Crippen molar-refractivity contribution in [2.24, 2.45) is 10.7 Å². The molecule has 0 bridgehead atoms. The maximum Gasteiger partial charge on any atom is 0.476 e. The highest BCUT2D eigenvalue weighted by Crippen LogP contribution is 2.41. The SMILES string of the molecule is N#CC(N)=C(C(Br)=Nc1c(Cl)cc(C(F)(F)F)cc1Cl)S(=O)C(F)(F)F. The number of nitrogens with zero attached hydrogens (tertiary/aromatic N) is 2. The van der Waals surface area contributed by atoms with Gasteiger partial charge in [0.1, 0.15) is 27.0 Å². The Hall–Kier alpha value is -1.29. The zero-order valence-corrected chi connectivity index (χ0v) is 15.8. The van der Waals surface area contributed by atoms with E-state index in [9.17, 15) is 30.6 Å². The van der Waals surface area contributed by atoms with Crippen LogP contribution in [0.3, 0.4) is 0 Å².